The highest BCUT2D eigenvalue weighted by molar-refractivity contribution is 5.25. The standard InChI is InChI=1S/C11H15N5/c1-9-5-3-4-6-10(9)8-16-11(7-12-2)13-14-15-16/h3-6,12H,7-8H2,1-2H3. The molecule has 0 radical (unpaired) electrons. The van der Waals surface area contributed by atoms with Crippen LogP contribution in [0.4, 0.5) is 0 Å². The normalized spacial score (nSPS) is 10.6. The van der Waals surface area contributed by atoms with Crippen molar-refractivity contribution in [1.29, 1.82) is 0 Å². The Labute approximate surface area is 94.5 Å². The minimum Gasteiger partial charge on any atom is -0.313 e. The monoisotopic (exact) mass is 217 g/mol. The second-order valence-electron chi connectivity index (χ2n) is 3.71. The summed E-state index contributed by atoms with van der Waals surface area (Å²) in [6.07, 6.45) is 0. The van der Waals surface area contributed by atoms with Crippen LogP contribution in [0.25, 0.3) is 0 Å². The fraction of sp³-hybridized carbons (Fsp3) is 0.364. The van der Waals surface area contributed by atoms with Gasteiger partial charge in [0.25, 0.3) is 0 Å². The van der Waals surface area contributed by atoms with Crippen LogP contribution in [0, 0.1) is 6.92 Å². The predicted molar refractivity (Wildman–Crippen MR) is 60.9 cm³/mol. The topological polar surface area (TPSA) is 55.6 Å². The molecule has 84 valence electrons. The van der Waals surface area contributed by atoms with Gasteiger partial charge in [0.2, 0.25) is 0 Å². The van der Waals surface area contributed by atoms with Gasteiger partial charge in [0, 0.05) is 0 Å². The minimum atomic E-state index is 0.679. The van der Waals surface area contributed by atoms with Gasteiger partial charge in [-0.2, -0.15) is 0 Å². The molecule has 1 aromatic heterocycles. The zero-order valence-corrected chi connectivity index (χ0v) is 9.51. The largest absolute Gasteiger partial charge is 0.313 e. The molecule has 0 aliphatic heterocycles. The van der Waals surface area contributed by atoms with Crippen LogP contribution in [0.5, 0.6) is 0 Å². The minimum absolute atomic E-state index is 0.679. The zero-order chi connectivity index (χ0) is 11.4. The van der Waals surface area contributed by atoms with Crippen molar-refractivity contribution in [3.63, 3.8) is 0 Å². The van der Waals surface area contributed by atoms with Crippen LogP contribution < -0.4 is 5.32 Å². The average molecular weight is 217 g/mol. The Morgan fingerprint density at radius 2 is 2.12 bits per heavy atom. The molecule has 0 fully saturated rings. The quantitative estimate of drug-likeness (QED) is 0.821. The van der Waals surface area contributed by atoms with Gasteiger partial charge in [-0.3, -0.25) is 0 Å². The average Bonchev–Trinajstić information content (AvgIpc) is 2.70. The molecule has 2 aromatic rings. The third-order valence-corrected chi connectivity index (χ3v) is 2.52. The predicted octanol–water partition coefficient (Wildman–Crippen LogP) is 0.749. The molecule has 0 aliphatic rings. The van der Waals surface area contributed by atoms with Gasteiger partial charge in [-0.1, -0.05) is 24.3 Å². The molecule has 0 spiro atoms. The third kappa shape index (κ3) is 2.25. The van der Waals surface area contributed by atoms with Crippen molar-refractivity contribution in [3.05, 3.63) is 41.2 Å². The van der Waals surface area contributed by atoms with E-state index in [1.165, 1.54) is 11.1 Å². The lowest BCUT2D eigenvalue weighted by atomic mass is 10.1. The van der Waals surface area contributed by atoms with Crippen molar-refractivity contribution in [1.82, 2.24) is 25.5 Å². The summed E-state index contributed by atoms with van der Waals surface area (Å²) in [4.78, 5) is 0. The molecule has 0 amide bonds. The molecule has 1 heterocycles. The summed E-state index contributed by atoms with van der Waals surface area (Å²) in [7, 11) is 1.88. The highest BCUT2D eigenvalue weighted by Gasteiger charge is 2.06. The van der Waals surface area contributed by atoms with E-state index in [2.05, 4.69) is 39.9 Å². The molecule has 5 heteroatoms. The lowest BCUT2D eigenvalue weighted by Crippen LogP contribution is -2.14. The Balaban J connectivity index is 2.20. The van der Waals surface area contributed by atoms with E-state index in [1.54, 1.807) is 0 Å². The molecule has 0 unspecified atom stereocenters. The Hall–Kier alpha value is -1.75. The Kier molecular flexibility index (Phi) is 3.26. The summed E-state index contributed by atoms with van der Waals surface area (Å²) >= 11 is 0. The second kappa shape index (κ2) is 4.85. The number of rotatable bonds is 4. The summed E-state index contributed by atoms with van der Waals surface area (Å²) in [6, 6.07) is 8.26. The first-order valence-electron chi connectivity index (χ1n) is 5.25. The fourth-order valence-electron chi connectivity index (χ4n) is 1.58. The number of aryl methyl sites for hydroxylation is 1. The Morgan fingerprint density at radius 1 is 1.31 bits per heavy atom. The van der Waals surface area contributed by atoms with Gasteiger partial charge in [0.15, 0.2) is 5.82 Å². The van der Waals surface area contributed by atoms with E-state index in [4.69, 9.17) is 0 Å². The van der Waals surface area contributed by atoms with Gasteiger partial charge in [-0.05, 0) is 35.5 Å². The lowest BCUT2D eigenvalue weighted by molar-refractivity contribution is 0.599. The molecule has 0 aliphatic carbocycles. The van der Waals surface area contributed by atoms with Crippen molar-refractivity contribution < 1.29 is 0 Å². The summed E-state index contributed by atoms with van der Waals surface area (Å²) in [5.74, 6) is 0.853. The van der Waals surface area contributed by atoms with E-state index >= 15 is 0 Å². The van der Waals surface area contributed by atoms with Crippen molar-refractivity contribution in [2.75, 3.05) is 7.05 Å². The smallest absolute Gasteiger partial charge is 0.165 e. The van der Waals surface area contributed by atoms with Gasteiger partial charge >= 0.3 is 0 Å². The van der Waals surface area contributed by atoms with Gasteiger partial charge in [0.1, 0.15) is 0 Å². The molecule has 5 nitrogen and oxygen atoms in total. The van der Waals surface area contributed by atoms with Crippen LogP contribution in [-0.4, -0.2) is 27.3 Å². The van der Waals surface area contributed by atoms with Crippen LogP contribution in [0.2, 0.25) is 0 Å². The fourth-order valence-corrected chi connectivity index (χ4v) is 1.58. The van der Waals surface area contributed by atoms with E-state index in [0.717, 1.165) is 12.4 Å². The number of benzene rings is 1. The van der Waals surface area contributed by atoms with Crippen LogP contribution in [0.1, 0.15) is 17.0 Å². The van der Waals surface area contributed by atoms with E-state index in [9.17, 15) is 0 Å². The third-order valence-electron chi connectivity index (χ3n) is 2.52. The van der Waals surface area contributed by atoms with Gasteiger partial charge < -0.3 is 5.32 Å². The maximum Gasteiger partial charge on any atom is 0.165 e. The van der Waals surface area contributed by atoms with E-state index in [0.29, 0.717) is 6.54 Å². The van der Waals surface area contributed by atoms with Gasteiger partial charge in [-0.25, -0.2) is 4.68 Å². The lowest BCUT2D eigenvalue weighted by Gasteiger charge is -2.06. The van der Waals surface area contributed by atoms with Crippen LogP contribution in [0.3, 0.4) is 0 Å². The summed E-state index contributed by atoms with van der Waals surface area (Å²) in [5.41, 5.74) is 2.50. The van der Waals surface area contributed by atoms with Gasteiger partial charge in [0.05, 0.1) is 13.1 Å². The first-order valence-corrected chi connectivity index (χ1v) is 5.25. The van der Waals surface area contributed by atoms with Crippen molar-refractivity contribution in [2.45, 2.75) is 20.0 Å². The maximum atomic E-state index is 3.99. The molecule has 0 atom stereocenters. The van der Waals surface area contributed by atoms with Crippen LogP contribution in [-0.2, 0) is 13.1 Å². The number of hydrogen-bond acceptors (Lipinski definition) is 4. The first-order chi connectivity index (χ1) is 7.81. The number of nitrogens with zero attached hydrogens (tertiary/aromatic N) is 4. The summed E-state index contributed by atoms with van der Waals surface area (Å²) in [6.45, 7) is 3.49. The van der Waals surface area contributed by atoms with Gasteiger partial charge in [-0.15, -0.1) is 5.10 Å². The highest BCUT2D eigenvalue weighted by Crippen LogP contribution is 2.08. The number of hydrogen-bond donors (Lipinski definition) is 1. The molecular formula is C11H15N5. The second-order valence-corrected chi connectivity index (χ2v) is 3.71. The van der Waals surface area contributed by atoms with Crippen LogP contribution in [0.15, 0.2) is 24.3 Å². The molecule has 16 heavy (non-hydrogen) atoms. The van der Waals surface area contributed by atoms with Crippen molar-refractivity contribution >= 4 is 0 Å². The number of aromatic nitrogens is 4. The first kappa shape index (κ1) is 10.8. The molecule has 0 saturated heterocycles. The van der Waals surface area contributed by atoms with Crippen molar-refractivity contribution in [3.8, 4) is 0 Å². The summed E-state index contributed by atoms with van der Waals surface area (Å²) in [5, 5.41) is 14.7. The Morgan fingerprint density at radius 3 is 2.88 bits per heavy atom. The van der Waals surface area contributed by atoms with Crippen molar-refractivity contribution in [2.24, 2.45) is 0 Å². The molecular weight excluding hydrogens is 202 g/mol. The molecule has 2 rings (SSSR count). The van der Waals surface area contributed by atoms with E-state index in [-0.39, 0.29) is 0 Å². The zero-order valence-electron chi connectivity index (χ0n) is 9.51. The maximum absolute atomic E-state index is 3.99. The molecule has 0 bridgehead atoms. The molecule has 0 saturated carbocycles. The Bertz CT molecular complexity index is 463. The SMILES string of the molecule is CNCc1nnnn1Cc1ccccc1C. The van der Waals surface area contributed by atoms with Crippen LogP contribution >= 0.6 is 0 Å². The van der Waals surface area contributed by atoms with E-state index in [1.807, 2.05) is 23.9 Å². The number of nitrogens with one attached hydrogen (secondary N) is 1. The molecule has 1 N–H and O–H groups in total. The summed E-state index contributed by atoms with van der Waals surface area (Å²) < 4.78 is 1.82. The highest BCUT2D eigenvalue weighted by atomic mass is 15.5. The number of tetrazole rings is 1. The van der Waals surface area contributed by atoms with E-state index < -0.39 is 0 Å². The molecule has 1 aromatic carbocycles.